The van der Waals surface area contributed by atoms with Crippen LogP contribution in [0.4, 0.5) is 0 Å². The predicted molar refractivity (Wildman–Crippen MR) is 63.4 cm³/mol. The quantitative estimate of drug-likeness (QED) is 0.662. The van der Waals surface area contributed by atoms with Crippen LogP contribution in [0, 0.1) is 5.92 Å². The molecular weight excluding hydrogens is 208 g/mol. The van der Waals surface area contributed by atoms with Gasteiger partial charge in [-0.1, -0.05) is 13.8 Å². The fourth-order valence-corrected chi connectivity index (χ4v) is 1.69. The van der Waals surface area contributed by atoms with Crippen LogP contribution in [0.25, 0.3) is 0 Å². The maximum Gasteiger partial charge on any atom is 0.106 e. The van der Waals surface area contributed by atoms with E-state index in [0.29, 0.717) is 13.0 Å². The molecule has 0 fully saturated rings. The minimum absolute atomic E-state index is 0.0459. The molecule has 4 atom stereocenters. The van der Waals surface area contributed by atoms with Gasteiger partial charge in [0.2, 0.25) is 0 Å². The first-order valence-electron chi connectivity index (χ1n) is 5.94. The highest BCUT2D eigenvalue weighted by molar-refractivity contribution is 4.79. The predicted octanol–water partition coefficient (Wildman–Crippen LogP) is 1.19. The number of aliphatic hydroxyl groups excluding tert-OH is 2. The molecular formula is C12H26O4. The van der Waals surface area contributed by atoms with Crippen LogP contribution < -0.4 is 0 Å². The van der Waals surface area contributed by atoms with Gasteiger partial charge < -0.3 is 19.7 Å². The molecule has 0 amide bonds. The van der Waals surface area contributed by atoms with Crippen molar-refractivity contribution >= 4 is 0 Å². The third-order valence-electron chi connectivity index (χ3n) is 2.59. The van der Waals surface area contributed by atoms with E-state index in [1.165, 1.54) is 0 Å². The van der Waals surface area contributed by atoms with Crippen molar-refractivity contribution in [2.24, 2.45) is 5.92 Å². The minimum atomic E-state index is -0.863. The highest BCUT2D eigenvalue weighted by Crippen LogP contribution is 2.16. The number of rotatable bonds is 8. The third-order valence-corrected chi connectivity index (χ3v) is 2.59. The summed E-state index contributed by atoms with van der Waals surface area (Å²) in [6.45, 7) is 8.04. The highest BCUT2D eigenvalue weighted by Gasteiger charge is 2.30. The van der Waals surface area contributed by atoms with Crippen LogP contribution in [0.15, 0.2) is 0 Å². The van der Waals surface area contributed by atoms with E-state index < -0.39 is 12.2 Å². The van der Waals surface area contributed by atoms with E-state index in [1.807, 2.05) is 27.7 Å². The fourth-order valence-electron chi connectivity index (χ4n) is 1.69. The Balaban J connectivity index is 4.30. The Morgan fingerprint density at radius 1 is 1.06 bits per heavy atom. The van der Waals surface area contributed by atoms with Gasteiger partial charge in [0.05, 0.1) is 24.9 Å². The molecule has 4 heteroatoms. The molecule has 0 saturated heterocycles. The van der Waals surface area contributed by atoms with E-state index in [4.69, 9.17) is 9.47 Å². The lowest BCUT2D eigenvalue weighted by Crippen LogP contribution is -2.44. The summed E-state index contributed by atoms with van der Waals surface area (Å²) in [7, 11) is 1.58. The monoisotopic (exact) mass is 234 g/mol. The molecule has 0 bridgehead atoms. The summed E-state index contributed by atoms with van der Waals surface area (Å²) in [5.74, 6) is -0.107. The Morgan fingerprint density at radius 3 is 2.00 bits per heavy atom. The second kappa shape index (κ2) is 8.01. The van der Waals surface area contributed by atoms with Gasteiger partial charge in [0.15, 0.2) is 0 Å². The molecule has 0 saturated carbocycles. The second-order valence-corrected chi connectivity index (χ2v) is 4.55. The van der Waals surface area contributed by atoms with Crippen LogP contribution >= 0.6 is 0 Å². The lowest BCUT2D eigenvalue weighted by Gasteiger charge is -2.30. The first-order valence-corrected chi connectivity index (χ1v) is 5.94. The van der Waals surface area contributed by atoms with Crippen molar-refractivity contribution in [1.29, 1.82) is 0 Å². The molecule has 4 unspecified atom stereocenters. The van der Waals surface area contributed by atoms with Crippen molar-refractivity contribution < 1.29 is 19.7 Å². The van der Waals surface area contributed by atoms with Gasteiger partial charge in [-0.3, -0.25) is 0 Å². The van der Waals surface area contributed by atoms with Crippen LogP contribution in [0.2, 0.25) is 0 Å². The fraction of sp³-hybridized carbons (Fsp3) is 1.00. The van der Waals surface area contributed by atoms with Crippen molar-refractivity contribution in [2.75, 3.05) is 13.7 Å². The van der Waals surface area contributed by atoms with E-state index in [-0.39, 0.29) is 18.1 Å². The van der Waals surface area contributed by atoms with Crippen LogP contribution in [-0.4, -0.2) is 48.3 Å². The van der Waals surface area contributed by atoms with Gasteiger partial charge in [-0.2, -0.15) is 0 Å². The molecule has 4 nitrogen and oxygen atoms in total. The van der Waals surface area contributed by atoms with Gasteiger partial charge >= 0.3 is 0 Å². The lowest BCUT2D eigenvalue weighted by atomic mass is 9.95. The SMILES string of the molecule is CCC(OC(C)C)C(O)C(O)C(C)COC. The lowest BCUT2D eigenvalue weighted by molar-refractivity contribution is -0.125. The average molecular weight is 234 g/mol. The Kier molecular flexibility index (Phi) is 7.93. The van der Waals surface area contributed by atoms with Gasteiger partial charge in [-0.15, -0.1) is 0 Å². The van der Waals surface area contributed by atoms with E-state index in [2.05, 4.69) is 0 Å². The molecule has 0 radical (unpaired) electrons. The summed E-state index contributed by atoms with van der Waals surface area (Å²) in [5.41, 5.74) is 0. The zero-order chi connectivity index (χ0) is 12.7. The summed E-state index contributed by atoms with van der Waals surface area (Å²) < 4.78 is 10.5. The molecule has 0 rings (SSSR count). The molecule has 0 spiro atoms. The molecule has 0 aromatic heterocycles. The van der Waals surface area contributed by atoms with E-state index in [0.717, 1.165) is 0 Å². The Bertz CT molecular complexity index is 172. The first kappa shape index (κ1) is 15.8. The van der Waals surface area contributed by atoms with Crippen LogP contribution in [0.5, 0.6) is 0 Å². The van der Waals surface area contributed by atoms with Crippen molar-refractivity contribution in [3.63, 3.8) is 0 Å². The van der Waals surface area contributed by atoms with Crippen molar-refractivity contribution in [1.82, 2.24) is 0 Å². The molecule has 0 heterocycles. The standard InChI is InChI=1S/C12H26O4/c1-6-10(16-8(2)3)12(14)11(13)9(4)7-15-5/h8-14H,6-7H2,1-5H3. The number of aliphatic hydroxyl groups is 2. The topological polar surface area (TPSA) is 58.9 Å². The van der Waals surface area contributed by atoms with Crippen LogP contribution in [0.3, 0.4) is 0 Å². The normalized spacial score (nSPS) is 19.5. The van der Waals surface area contributed by atoms with Crippen molar-refractivity contribution in [3.8, 4) is 0 Å². The van der Waals surface area contributed by atoms with E-state index in [1.54, 1.807) is 7.11 Å². The first-order chi connectivity index (χ1) is 7.43. The van der Waals surface area contributed by atoms with Crippen LogP contribution in [0.1, 0.15) is 34.1 Å². The molecule has 0 aromatic rings. The molecule has 0 aliphatic heterocycles. The van der Waals surface area contributed by atoms with Gasteiger partial charge in [0.25, 0.3) is 0 Å². The van der Waals surface area contributed by atoms with Gasteiger partial charge in [0, 0.05) is 13.0 Å². The largest absolute Gasteiger partial charge is 0.390 e. The van der Waals surface area contributed by atoms with Gasteiger partial charge in [-0.05, 0) is 20.3 Å². The second-order valence-electron chi connectivity index (χ2n) is 4.55. The summed E-state index contributed by atoms with van der Waals surface area (Å²) in [6.07, 6.45) is -1.28. The Hall–Kier alpha value is -0.160. The summed E-state index contributed by atoms with van der Waals surface area (Å²) in [4.78, 5) is 0. The molecule has 0 aliphatic rings. The van der Waals surface area contributed by atoms with E-state index in [9.17, 15) is 10.2 Å². The van der Waals surface area contributed by atoms with Gasteiger partial charge in [0.1, 0.15) is 6.10 Å². The van der Waals surface area contributed by atoms with Crippen LogP contribution in [-0.2, 0) is 9.47 Å². The minimum Gasteiger partial charge on any atom is -0.390 e. The molecule has 16 heavy (non-hydrogen) atoms. The maximum absolute atomic E-state index is 9.99. The zero-order valence-electron chi connectivity index (χ0n) is 11.0. The van der Waals surface area contributed by atoms with Gasteiger partial charge in [-0.25, -0.2) is 0 Å². The van der Waals surface area contributed by atoms with Crippen molar-refractivity contribution in [3.05, 3.63) is 0 Å². The average Bonchev–Trinajstić information content (AvgIpc) is 2.23. The summed E-state index contributed by atoms with van der Waals surface area (Å²) in [5, 5.41) is 19.9. The third kappa shape index (κ3) is 5.25. The Labute approximate surface area is 98.6 Å². The number of methoxy groups -OCH3 is 1. The van der Waals surface area contributed by atoms with E-state index >= 15 is 0 Å². The number of hydrogen-bond acceptors (Lipinski definition) is 4. The zero-order valence-corrected chi connectivity index (χ0v) is 11.0. The van der Waals surface area contributed by atoms with Crippen molar-refractivity contribution in [2.45, 2.75) is 58.5 Å². The molecule has 0 aliphatic carbocycles. The maximum atomic E-state index is 9.99. The Morgan fingerprint density at radius 2 is 1.62 bits per heavy atom. The summed E-state index contributed by atoms with van der Waals surface area (Å²) in [6, 6.07) is 0. The molecule has 2 N–H and O–H groups in total. The molecule has 0 aromatic carbocycles. The smallest absolute Gasteiger partial charge is 0.106 e. The summed E-state index contributed by atoms with van der Waals surface area (Å²) >= 11 is 0. The highest BCUT2D eigenvalue weighted by atomic mass is 16.5. The number of hydrogen-bond donors (Lipinski definition) is 2. The number of ether oxygens (including phenoxy) is 2. The molecule has 98 valence electrons.